The maximum Gasteiger partial charge on any atom is 0.339 e. The van der Waals surface area contributed by atoms with Gasteiger partial charge in [-0.25, -0.2) is 9.78 Å². The third-order valence-electron chi connectivity index (χ3n) is 3.53. The third-order valence-corrected chi connectivity index (χ3v) is 5.23. The molecule has 1 amide bonds. The normalized spacial score (nSPS) is 10.3. The molecule has 0 radical (unpaired) electrons. The van der Waals surface area contributed by atoms with E-state index in [1.54, 1.807) is 41.8 Å². The van der Waals surface area contributed by atoms with Crippen LogP contribution in [-0.4, -0.2) is 28.4 Å². The summed E-state index contributed by atoms with van der Waals surface area (Å²) in [5, 5.41) is 15.4. The number of nitrogens with one attached hydrogen (secondary N) is 1. The van der Waals surface area contributed by atoms with E-state index in [1.807, 2.05) is 22.6 Å². The fraction of sp³-hybridized carbons (Fsp3) is 0.0556. The first-order chi connectivity index (χ1) is 13.4. The third kappa shape index (κ3) is 4.89. The van der Waals surface area contributed by atoms with Crippen molar-refractivity contribution in [3.8, 4) is 11.3 Å². The molecule has 0 aliphatic rings. The number of aromatic nitrogens is 1. The van der Waals surface area contributed by atoms with Crippen molar-refractivity contribution in [3.63, 3.8) is 0 Å². The zero-order valence-electron chi connectivity index (χ0n) is 14.1. The van der Waals surface area contributed by atoms with Crippen LogP contribution in [0, 0.1) is 13.7 Å². The minimum atomic E-state index is -0.587. The highest BCUT2D eigenvalue weighted by Gasteiger charge is 2.15. The first kappa shape index (κ1) is 19.9. The van der Waals surface area contributed by atoms with E-state index in [-0.39, 0.29) is 5.69 Å². The Bertz CT molecular complexity index is 1050. The van der Waals surface area contributed by atoms with Crippen molar-refractivity contribution in [1.29, 1.82) is 0 Å². The van der Waals surface area contributed by atoms with E-state index in [2.05, 4.69) is 10.3 Å². The molecule has 0 atom stereocenters. The molecule has 1 N–H and O–H groups in total. The van der Waals surface area contributed by atoms with Gasteiger partial charge >= 0.3 is 5.97 Å². The van der Waals surface area contributed by atoms with Crippen molar-refractivity contribution < 1.29 is 19.2 Å². The number of non-ortho nitro benzene ring substituents is 1. The lowest BCUT2D eigenvalue weighted by Crippen LogP contribution is -2.21. The number of carbonyl (C=O) groups excluding carboxylic acids is 2. The van der Waals surface area contributed by atoms with Crippen LogP contribution in [0.3, 0.4) is 0 Å². The maximum atomic E-state index is 12.0. The summed E-state index contributed by atoms with van der Waals surface area (Å²) in [4.78, 5) is 38.7. The number of anilines is 1. The van der Waals surface area contributed by atoms with Gasteiger partial charge in [-0.2, -0.15) is 0 Å². The Balaban J connectivity index is 1.60. The summed E-state index contributed by atoms with van der Waals surface area (Å²) in [6, 6.07) is 12.9. The fourth-order valence-electron chi connectivity index (χ4n) is 2.23. The molecule has 142 valence electrons. The van der Waals surface area contributed by atoms with Crippen molar-refractivity contribution in [3.05, 3.63) is 73.2 Å². The van der Waals surface area contributed by atoms with Gasteiger partial charge in [-0.15, -0.1) is 11.3 Å². The van der Waals surface area contributed by atoms with Crippen LogP contribution in [0.5, 0.6) is 0 Å². The average molecular weight is 509 g/mol. The topological polar surface area (TPSA) is 111 Å². The number of esters is 1. The summed E-state index contributed by atoms with van der Waals surface area (Å²) >= 11 is 3.18. The number of hydrogen-bond acceptors (Lipinski definition) is 7. The number of hydrogen-bond donors (Lipinski definition) is 1. The van der Waals surface area contributed by atoms with Crippen LogP contribution in [-0.2, 0) is 9.53 Å². The predicted molar refractivity (Wildman–Crippen MR) is 112 cm³/mol. The van der Waals surface area contributed by atoms with Crippen molar-refractivity contribution in [1.82, 2.24) is 4.98 Å². The number of thiazole rings is 1. The maximum absolute atomic E-state index is 12.0. The van der Waals surface area contributed by atoms with Gasteiger partial charge in [0, 0.05) is 26.6 Å². The standard InChI is InChI=1S/C18H12IN3O5S/c19-14-7-2-1-6-13(14)17(24)27-9-16(23)21-18-20-15(10-28-18)11-4-3-5-12(8-11)22(25)26/h1-8,10H,9H2,(H,20,21,23). The van der Waals surface area contributed by atoms with Crippen LogP contribution >= 0.6 is 33.9 Å². The number of carbonyl (C=O) groups is 2. The first-order valence-electron chi connectivity index (χ1n) is 7.86. The lowest BCUT2D eigenvalue weighted by molar-refractivity contribution is -0.384. The van der Waals surface area contributed by atoms with E-state index in [4.69, 9.17) is 4.74 Å². The highest BCUT2D eigenvalue weighted by Crippen LogP contribution is 2.27. The van der Waals surface area contributed by atoms with Crippen LogP contribution in [0.15, 0.2) is 53.9 Å². The number of rotatable bonds is 6. The number of amides is 1. The van der Waals surface area contributed by atoms with Crippen molar-refractivity contribution in [2.75, 3.05) is 11.9 Å². The van der Waals surface area contributed by atoms with Gasteiger partial charge in [-0.1, -0.05) is 24.3 Å². The molecule has 3 rings (SSSR count). The summed E-state index contributed by atoms with van der Waals surface area (Å²) in [5.74, 6) is -1.11. The van der Waals surface area contributed by atoms with Gasteiger partial charge in [0.15, 0.2) is 11.7 Å². The molecule has 0 saturated heterocycles. The Morgan fingerprint density at radius 3 is 2.75 bits per heavy atom. The van der Waals surface area contributed by atoms with Crippen LogP contribution in [0.25, 0.3) is 11.3 Å². The van der Waals surface area contributed by atoms with Crippen LogP contribution in [0.4, 0.5) is 10.8 Å². The molecular weight excluding hydrogens is 497 g/mol. The zero-order chi connectivity index (χ0) is 20.1. The van der Waals surface area contributed by atoms with Crippen LogP contribution in [0.1, 0.15) is 10.4 Å². The highest BCUT2D eigenvalue weighted by atomic mass is 127. The minimum Gasteiger partial charge on any atom is -0.452 e. The second-order valence-electron chi connectivity index (χ2n) is 5.45. The SMILES string of the molecule is O=C(COC(=O)c1ccccc1I)Nc1nc(-c2cccc([N+](=O)[O-])c2)cs1. The van der Waals surface area contributed by atoms with E-state index in [9.17, 15) is 19.7 Å². The predicted octanol–water partition coefficient (Wildman–Crippen LogP) is 4.12. The van der Waals surface area contributed by atoms with E-state index < -0.39 is 23.4 Å². The first-order valence-corrected chi connectivity index (χ1v) is 9.82. The summed E-state index contributed by atoms with van der Waals surface area (Å²) in [5.41, 5.74) is 1.41. The molecule has 0 bridgehead atoms. The van der Waals surface area contributed by atoms with Gasteiger partial charge < -0.3 is 4.74 Å². The number of nitro groups is 1. The van der Waals surface area contributed by atoms with Gasteiger partial charge in [0.25, 0.3) is 11.6 Å². The number of ether oxygens (including phenoxy) is 1. The minimum absolute atomic E-state index is 0.0430. The summed E-state index contributed by atoms with van der Waals surface area (Å²) < 4.78 is 5.75. The molecule has 0 aliphatic heterocycles. The molecule has 8 nitrogen and oxygen atoms in total. The largest absolute Gasteiger partial charge is 0.452 e. The molecule has 0 aliphatic carbocycles. The Morgan fingerprint density at radius 2 is 2.00 bits per heavy atom. The van der Waals surface area contributed by atoms with Crippen molar-refractivity contribution >= 4 is 56.6 Å². The Labute approximate surface area is 176 Å². The lowest BCUT2D eigenvalue weighted by Gasteiger charge is -2.06. The van der Waals surface area contributed by atoms with Gasteiger partial charge in [0.2, 0.25) is 0 Å². The van der Waals surface area contributed by atoms with Gasteiger partial charge in [-0.3, -0.25) is 20.2 Å². The quantitative estimate of drug-likeness (QED) is 0.232. The summed E-state index contributed by atoms with van der Waals surface area (Å²) in [6.07, 6.45) is 0. The Morgan fingerprint density at radius 1 is 1.21 bits per heavy atom. The number of halogens is 1. The van der Waals surface area contributed by atoms with Crippen molar-refractivity contribution in [2.45, 2.75) is 0 Å². The monoisotopic (exact) mass is 509 g/mol. The van der Waals surface area contributed by atoms with E-state index >= 15 is 0 Å². The lowest BCUT2D eigenvalue weighted by atomic mass is 10.1. The molecule has 0 saturated carbocycles. The number of benzene rings is 2. The summed E-state index contributed by atoms with van der Waals surface area (Å²) in [6.45, 7) is -0.449. The van der Waals surface area contributed by atoms with E-state index in [0.717, 1.165) is 3.57 Å². The molecule has 3 aromatic rings. The Hall–Kier alpha value is -2.86. The smallest absolute Gasteiger partial charge is 0.339 e. The average Bonchev–Trinajstić information content (AvgIpc) is 3.15. The molecule has 28 heavy (non-hydrogen) atoms. The molecular formula is C18H12IN3O5S. The molecule has 2 aromatic carbocycles. The van der Waals surface area contributed by atoms with Gasteiger partial charge in [-0.05, 0) is 34.7 Å². The van der Waals surface area contributed by atoms with Crippen LogP contribution < -0.4 is 5.32 Å². The molecule has 0 spiro atoms. The second-order valence-corrected chi connectivity index (χ2v) is 7.47. The highest BCUT2D eigenvalue weighted by molar-refractivity contribution is 14.1. The Kier molecular flexibility index (Phi) is 6.31. The summed E-state index contributed by atoms with van der Waals surface area (Å²) in [7, 11) is 0. The molecule has 10 heteroatoms. The molecule has 0 fully saturated rings. The van der Waals surface area contributed by atoms with Crippen molar-refractivity contribution in [2.24, 2.45) is 0 Å². The second kappa shape index (κ2) is 8.89. The zero-order valence-corrected chi connectivity index (χ0v) is 17.1. The van der Waals surface area contributed by atoms with Gasteiger partial charge in [0.1, 0.15) is 0 Å². The number of nitrogens with zero attached hydrogens (tertiary/aromatic N) is 2. The van der Waals surface area contributed by atoms with Gasteiger partial charge in [0.05, 0.1) is 16.2 Å². The van der Waals surface area contributed by atoms with E-state index in [0.29, 0.717) is 22.0 Å². The number of nitro benzene ring substituents is 1. The van der Waals surface area contributed by atoms with E-state index in [1.165, 1.54) is 23.5 Å². The van der Waals surface area contributed by atoms with Crippen LogP contribution in [0.2, 0.25) is 0 Å². The molecule has 1 aromatic heterocycles. The molecule has 1 heterocycles. The fourth-order valence-corrected chi connectivity index (χ4v) is 3.58. The molecule has 0 unspecified atom stereocenters.